The highest BCUT2D eigenvalue weighted by molar-refractivity contribution is 5.67. The normalized spacial score (nSPS) is 11.2. The fourth-order valence-electron chi connectivity index (χ4n) is 1.16. The van der Waals surface area contributed by atoms with E-state index in [0.29, 0.717) is 6.54 Å². The summed E-state index contributed by atoms with van der Waals surface area (Å²) < 4.78 is 5.11. The van der Waals surface area contributed by atoms with Crippen molar-refractivity contribution >= 4 is 6.09 Å². The van der Waals surface area contributed by atoms with Crippen LogP contribution in [0.4, 0.5) is 4.79 Å². The number of rotatable bonds is 3. The number of carbonyl (C=O) groups excluding carboxylic acids is 1. The number of amides is 1. The zero-order valence-corrected chi connectivity index (χ0v) is 10.3. The largest absolute Gasteiger partial charge is 0.444 e. The third-order valence-electron chi connectivity index (χ3n) is 1.87. The Morgan fingerprint density at radius 1 is 1.56 bits per heavy atom. The lowest BCUT2D eigenvalue weighted by atomic mass is 10.2. The van der Waals surface area contributed by atoms with E-state index in [1.54, 1.807) is 0 Å². The molecule has 0 saturated heterocycles. The molecule has 5 heteroatoms. The molecule has 0 aliphatic rings. The van der Waals surface area contributed by atoms with Gasteiger partial charge in [0.05, 0.1) is 17.9 Å². The summed E-state index contributed by atoms with van der Waals surface area (Å²) in [5.74, 6) is 0. The zero-order chi connectivity index (χ0) is 12.2. The first-order valence-corrected chi connectivity index (χ1v) is 5.40. The fourth-order valence-corrected chi connectivity index (χ4v) is 1.16. The third kappa shape index (κ3) is 4.33. The van der Waals surface area contributed by atoms with Crippen molar-refractivity contribution in [1.29, 1.82) is 0 Å². The van der Waals surface area contributed by atoms with Gasteiger partial charge in [-0.25, -0.2) is 4.79 Å². The summed E-state index contributed by atoms with van der Waals surface area (Å²) in [6, 6.07) is 1.93. The number of nitrogens with one attached hydrogen (secondary N) is 2. The van der Waals surface area contributed by atoms with Gasteiger partial charge in [0.25, 0.3) is 0 Å². The standard InChI is InChI=1S/C11H19N3O2/c1-5-8-6-9(14-13-8)7-12-10(15)16-11(2,3)4/h6H,5,7H2,1-4H3,(H,12,15)(H,13,14). The van der Waals surface area contributed by atoms with Gasteiger partial charge >= 0.3 is 6.09 Å². The van der Waals surface area contributed by atoms with E-state index in [-0.39, 0.29) is 0 Å². The predicted octanol–water partition coefficient (Wildman–Crippen LogP) is 2.00. The molecule has 2 N–H and O–H groups in total. The number of H-pyrrole nitrogens is 1. The summed E-state index contributed by atoms with van der Waals surface area (Å²) in [4.78, 5) is 11.3. The van der Waals surface area contributed by atoms with Gasteiger partial charge in [-0.2, -0.15) is 5.10 Å². The molecule has 1 amide bonds. The van der Waals surface area contributed by atoms with Crippen LogP contribution in [-0.2, 0) is 17.7 Å². The average Bonchev–Trinajstić information content (AvgIpc) is 2.59. The van der Waals surface area contributed by atoms with Gasteiger partial charge in [-0.15, -0.1) is 0 Å². The van der Waals surface area contributed by atoms with Gasteiger partial charge in [0, 0.05) is 0 Å². The van der Waals surface area contributed by atoms with Crippen molar-refractivity contribution < 1.29 is 9.53 Å². The van der Waals surface area contributed by atoms with Crippen LogP contribution in [-0.4, -0.2) is 21.9 Å². The third-order valence-corrected chi connectivity index (χ3v) is 1.87. The minimum Gasteiger partial charge on any atom is -0.444 e. The first-order chi connectivity index (χ1) is 7.40. The molecule has 0 radical (unpaired) electrons. The van der Waals surface area contributed by atoms with Crippen LogP contribution in [0.5, 0.6) is 0 Å². The van der Waals surface area contributed by atoms with E-state index in [9.17, 15) is 4.79 Å². The summed E-state index contributed by atoms with van der Waals surface area (Å²) in [7, 11) is 0. The Balaban J connectivity index is 2.37. The Bertz CT molecular complexity index is 352. The topological polar surface area (TPSA) is 67.0 Å². The highest BCUT2D eigenvalue weighted by atomic mass is 16.6. The molecule has 0 bridgehead atoms. The second-order valence-electron chi connectivity index (χ2n) is 4.59. The Labute approximate surface area is 95.6 Å². The molecule has 1 heterocycles. The van der Waals surface area contributed by atoms with Crippen molar-refractivity contribution in [3.63, 3.8) is 0 Å². The molecule has 1 aromatic heterocycles. The lowest BCUT2D eigenvalue weighted by Crippen LogP contribution is -2.32. The van der Waals surface area contributed by atoms with E-state index < -0.39 is 11.7 Å². The van der Waals surface area contributed by atoms with Crippen LogP contribution in [0.15, 0.2) is 6.07 Å². The van der Waals surface area contributed by atoms with Crippen molar-refractivity contribution in [1.82, 2.24) is 15.5 Å². The Kier molecular flexibility index (Phi) is 3.93. The minimum atomic E-state index is -0.466. The average molecular weight is 225 g/mol. The molecule has 0 aliphatic carbocycles. The van der Waals surface area contributed by atoms with Crippen LogP contribution in [0.1, 0.15) is 39.1 Å². The Morgan fingerprint density at radius 2 is 2.25 bits per heavy atom. The van der Waals surface area contributed by atoms with E-state index >= 15 is 0 Å². The number of carbonyl (C=O) groups is 1. The highest BCUT2D eigenvalue weighted by Crippen LogP contribution is 2.07. The maximum absolute atomic E-state index is 11.3. The molecule has 16 heavy (non-hydrogen) atoms. The molecule has 0 atom stereocenters. The van der Waals surface area contributed by atoms with Gasteiger partial charge in [0.15, 0.2) is 0 Å². The fraction of sp³-hybridized carbons (Fsp3) is 0.636. The molecule has 0 aliphatic heterocycles. The quantitative estimate of drug-likeness (QED) is 0.826. The summed E-state index contributed by atoms with van der Waals surface area (Å²) in [6.07, 6.45) is 0.461. The number of aromatic nitrogens is 2. The van der Waals surface area contributed by atoms with Crippen LogP contribution >= 0.6 is 0 Å². The van der Waals surface area contributed by atoms with Crippen molar-refractivity contribution in [2.75, 3.05) is 0 Å². The van der Waals surface area contributed by atoms with E-state index in [1.165, 1.54) is 0 Å². The van der Waals surface area contributed by atoms with Gasteiger partial charge in [-0.05, 0) is 33.3 Å². The van der Waals surface area contributed by atoms with Crippen molar-refractivity contribution in [2.24, 2.45) is 0 Å². The molecular weight excluding hydrogens is 206 g/mol. The Morgan fingerprint density at radius 3 is 2.75 bits per heavy atom. The number of ether oxygens (including phenoxy) is 1. The zero-order valence-electron chi connectivity index (χ0n) is 10.3. The molecular formula is C11H19N3O2. The van der Waals surface area contributed by atoms with E-state index in [2.05, 4.69) is 15.5 Å². The van der Waals surface area contributed by atoms with Gasteiger partial charge < -0.3 is 10.1 Å². The van der Waals surface area contributed by atoms with Crippen LogP contribution in [0.2, 0.25) is 0 Å². The lowest BCUT2D eigenvalue weighted by molar-refractivity contribution is 0.0523. The van der Waals surface area contributed by atoms with Crippen molar-refractivity contribution in [2.45, 2.75) is 46.3 Å². The molecule has 90 valence electrons. The Hall–Kier alpha value is -1.52. The molecule has 1 aromatic rings. The van der Waals surface area contributed by atoms with E-state index in [0.717, 1.165) is 17.8 Å². The predicted molar refractivity (Wildman–Crippen MR) is 61.0 cm³/mol. The van der Waals surface area contributed by atoms with Gasteiger partial charge in [0.2, 0.25) is 0 Å². The molecule has 0 aromatic carbocycles. The van der Waals surface area contributed by atoms with Crippen molar-refractivity contribution in [3.8, 4) is 0 Å². The van der Waals surface area contributed by atoms with Crippen LogP contribution in [0, 0.1) is 0 Å². The molecule has 1 rings (SSSR count). The van der Waals surface area contributed by atoms with Gasteiger partial charge in [-0.3, -0.25) is 5.10 Å². The molecule has 5 nitrogen and oxygen atoms in total. The second-order valence-corrected chi connectivity index (χ2v) is 4.59. The lowest BCUT2D eigenvalue weighted by Gasteiger charge is -2.19. The van der Waals surface area contributed by atoms with Crippen LogP contribution in [0.25, 0.3) is 0 Å². The monoisotopic (exact) mass is 225 g/mol. The second kappa shape index (κ2) is 5.01. The molecule has 0 saturated carbocycles. The smallest absolute Gasteiger partial charge is 0.407 e. The molecule has 0 spiro atoms. The summed E-state index contributed by atoms with van der Waals surface area (Å²) in [5.41, 5.74) is 1.40. The number of aromatic amines is 1. The maximum Gasteiger partial charge on any atom is 0.407 e. The van der Waals surface area contributed by atoms with E-state index in [1.807, 2.05) is 33.8 Å². The van der Waals surface area contributed by atoms with E-state index in [4.69, 9.17) is 4.74 Å². The van der Waals surface area contributed by atoms with Crippen LogP contribution < -0.4 is 5.32 Å². The first kappa shape index (κ1) is 12.5. The summed E-state index contributed by atoms with van der Waals surface area (Å²) in [5, 5.41) is 9.59. The number of nitrogens with zero attached hydrogens (tertiary/aromatic N) is 1. The van der Waals surface area contributed by atoms with Crippen LogP contribution in [0.3, 0.4) is 0 Å². The number of hydrogen-bond donors (Lipinski definition) is 2. The number of aryl methyl sites for hydroxylation is 1. The maximum atomic E-state index is 11.3. The number of alkyl carbamates (subject to hydrolysis) is 1. The summed E-state index contributed by atoms with van der Waals surface area (Å²) >= 11 is 0. The SMILES string of the molecule is CCc1cc(CNC(=O)OC(C)(C)C)[nH]n1. The summed E-state index contributed by atoms with van der Waals surface area (Å²) in [6.45, 7) is 7.93. The molecule has 0 fully saturated rings. The minimum absolute atomic E-state index is 0.405. The number of hydrogen-bond acceptors (Lipinski definition) is 3. The first-order valence-electron chi connectivity index (χ1n) is 5.40. The van der Waals surface area contributed by atoms with Gasteiger partial charge in [0.1, 0.15) is 5.60 Å². The molecule has 0 unspecified atom stereocenters. The highest BCUT2D eigenvalue weighted by Gasteiger charge is 2.15. The van der Waals surface area contributed by atoms with Crippen molar-refractivity contribution in [3.05, 3.63) is 17.5 Å². The van der Waals surface area contributed by atoms with Gasteiger partial charge in [-0.1, -0.05) is 6.92 Å².